The van der Waals surface area contributed by atoms with Crippen molar-refractivity contribution in [3.05, 3.63) is 0 Å². The summed E-state index contributed by atoms with van der Waals surface area (Å²) < 4.78 is 5.04. The molecule has 0 spiro atoms. The van der Waals surface area contributed by atoms with Crippen LogP contribution in [0.15, 0.2) is 0 Å². The Balaban J connectivity index is 0. The quantitative estimate of drug-likeness (QED) is 0.416. The molecule has 0 saturated carbocycles. The van der Waals surface area contributed by atoms with Crippen LogP contribution in [0.5, 0.6) is 0 Å². The fourth-order valence-electron chi connectivity index (χ4n) is 1.66. The van der Waals surface area contributed by atoms with Gasteiger partial charge in [0.05, 0.1) is 0 Å². The summed E-state index contributed by atoms with van der Waals surface area (Å²) in [5.41, 5.74) is 0. The Morgan fingerprint density at radius 3 is 1.14 bits per heavy atom. The number of hydrogen-bond acceptors (Lipinski definition) is 0. The molecule has 0 saturated heterocycles. The van der Waals surface area contributed by atoms with Crippen LogP contribution in [0.4, 0.5) is 0 Å². The standard InChI is InChI=1S/3C4H9.H3P.Sn/c3*1-3-4-2;;/h3*1,3-4H2,2H3;1H3;. The van der Waals surface area contributed by atoms with Gasteiger partial charge in [0.25, 0.3) is 0 Å². The predicted octanol–water partition coefficient (Wildman–Crippen LogP) is 4.94. The van der Waals surface area contributed by atoms with E-state index in [1.165, 1.54) is 38.5 Å². The molecule has 0 N–H and O–H groups in total. The summed E-state index contributed by atoms with van der Waals surface area (Å²) in [5, 5.41) is 0. The zero-order valence-corrected chi connectivity index (χ0v) is 14.8. The summed E-state index contributed by atoms with van der Waals surface area (Å²) in [6, 6.07) is 0. The Hall–Kier alpha value is 1.23. The van der Waals surface area contributed by atoms with E-state index in [2.05, 4.69) is 20.8 Å². The molecule has 87 valence electrons. The zero-order chi connectivity index (χ0) is 9.94. The van der Waals surface area contributed by atoms with Gasteiger partial charge in [-0.25, -0.2) is 0 Å². The van der Waals surface area contributed by atoms with Gasteiger partial charge in [0.15, 0.2) is 0 Å². The van der Waals surface area contributed by atoms with Gasteiger partial charge in [-0.05, 0) is 0 Å². The average molecular weight is 324 g/mol. The Labute approximate surface area is 102 Å². The van der Waals surface area contributed by atoms with Crippen molar-refractivity contribution in [2.75, 3.05) is 0 Å². The van der Waals surface area contributed by atoms with Gasteiger partial charge in [0.1, 0.15) is 0 Å². The molecular weight excluding hydrogens is 294 g/mol. The molecule has 2 heteroatoms. The molecule has 0 heterocycles. The van der Waals surface area contributed by atoms with Gasteiger partial charge in [-0.3, -0.25) is 0 Å². The maximum absolute atomic E-state index is 2.33. The van der Waals surface area contributed by atoms with Crippen molar-refractivity contribution >= 4 is 29.7 Å². The van der Waals surface area contributed by atoms with Gasteiger partial charge in [0.2, 0.25) is 0 Å². The third-order valence-corrected chi connectivity index (χ3v) is 11.7. The minimum atomic E-state index is -0.839. The first-order valence-electron chi connectivity index (χ1n) is 6.18. The SMILES string of the molecule is CCC[CH2][Sn]([CH2]CCC)[CH2]CCC.P. The van der Waals surface area contributed by atoms with E-state index in [0.717, 1.165) is 0 Å². The van der Waals surface area contributed by atoms with Crippen molar-refractivity contribution in [3.8, 4) is 0 Å². The smallest absolute Gasteiger partial charge is 0.153 e. The van der Waals surface area contributed by atoms with Gasteiger partial charge < -0.3 is 0 Å². The molecule has 0 rings (SSSR count). The fraction of sp³-hybridized carbons (Fsp3) is 1.00. The van der Waals surface area contributed by atoms with Crippen LogP contribution in [-0.4, -0.2) is 19.8 Å². The van der Waals surface area contributed by atoms with Crippen LogP contribution in [0.25, 0.3) is 0 Å². The van der Waals surface area contributed by atoms with Crippen LogP contribution in [0.1, 0.15) is 59.3 Å². The van der Waals surface area contributed by atoms with E-state index in [4.69, 9.17) is 0 Å². The van der Waals surface area contributed by atoms with Crippen molar-refractivity contribution in [2.24, 2.45) is 0 Å². The number of rotatable bonds is 9. The second-order valence-corrected chi connectivity index (χ2v) is 12.6. The van der Waals surface area contributed by atoms with Gasteiger partial charge in [-0.1, -0.05) is 0 Å². The fourth-order valence-corrected chi connectivity index (χ4v) is 11.1. The summed E-state index contributed by atoms with van der Waals surface area (Å²) in [6.45, 7) is 7.00. The molecule has 0 aromatic heterocycles. The third kappa shape index (κ3) is 11.3. The summed E-state index contributed by atoms with van der Waals surface area (Å²) in [5.74, 6) is 0. The van der Waals surface area contributed by atoms with E-state index in [0.29, 0.717) is 0 Å². The minimum Gasteiger partial charge on any atom is -0.153 e. The number of hydrogen-bond donors (Lipinski definition) is 0. The maximum atomic E-state index is 2.33. The third-order valence-electron chi connectivity index (χ3n) is 2.65. The maximum Gasteiger partial charge on any atom is -0.153 e. The van der Waals surface area contributed by atoms with Crippen molar-refractivity contribution in [2.45, 2.75) is 72.6 Å². The van der Waals surface area contributed by atoms with Gasteiger partial charge in [-0.2, -0.15) is 9.90 Å². The van der Waals surface area contributed by atoms with E-state index in [1.54, 1.807) is 13.3 Å². The van der Waals surface area contributed by atoms with Crippen LogP contribution < -0.4 is 0 Å². The van der Waals surface area contributed by atoms with Crippen LogP contribution in [0, 0.1) is 0 Å². The first-order valence-corrected chi connectivity index (χ1v) is 12.2. The first kappa shape index (κ1) is 17.6. The van der Waals surface area contributed by atoms with Gasteiger partial charge >= 0.3 is 92.4 Å². The summed E-state index contributed by atoms with van der Waals surface area (Å²) in [6.07, 6.45) is 8.85. The van der Waals surface area contributed by atoms with Gasteiger partial charge in [-0.15, -0.1) is 0 Å². The predicted molar refractivity (Wildman–Crippen MR) is 76.0 cm³/mol. The molecule has 0 amide bonds. The largest absolute Gasteiger partial charge is 0.153 e. The second-order valence-electron chi connectivity index (χ2n) is 4.06. The van der Waals surface area contributed by atoms with Crippen LogP contribution >= 0.6 is 9.90 Å². The van der Waals surface area contributed by atoms with E-state index in [1.807, 2.05) is 0 Å². The van der Waals surface area contributed by atoms with E-state index < -0.39 is 19.8 Å². The van der Waals surface area contributed by atoms with Gasteiger partial charge in [0, 0.05) is 0 Å². The molecule has 0 bridgehead atoms. The van der Waals surface area contributed by atoms with E-state index in [9.17, 15) is 0 Å². The summed E-state index contributed by atoms with van der Waals surface area (Å²) >= 11 is -0.839. The molecule has 0 aliphatic carbocycles. The Kier molecular flexibility index (Phi) is 17.9. The topological polar surface area (TPSA) is 0 Å². The van der Waals surface area contributed by atoms with E-state index in [-0.39, 0.29) is 9.90 Å². The molecule has 0 aliphatic rings. The molecule has 0 fully saturated rings. The molecule has 14 heavy (non-hydrogen) atoms. The summed E-state index contributed by atoms with van der Waals surface area (Å²) in [4.78, 5) is 0. The first-order chi connectivity index (χ1) is 6.35. The van der Waals surface area contributed by atoms with E-state index >= 15 is 0 Å². The Morgan fingerprint density at radius 2 is 0.929 bits per heavy atom. The molecule has 1 radical (unpaired) electrons. The van der Waals surface area contributed by atoms with Crippen molar-refractivity contribution < 1.29 is 0 Å². The molecule has 0 aromatic rings. The van der Waals surface area contributed by atoms with Crippen LogP contribution in [-0.2, 0) is 0 Å². The van der Waals surface area contributed by atoms with Crippen molar-refractivity contribution in [1.29, 1.82) is 0 Å². The zero-order valence-electron chi connectivity index (χ0n) is 10.6. The Morgan fingerprint density at radius 1 is 0.643 bits per heavy atom. The molecule has 0 aliphatic heterocycles. The van der Waals surface area contributed by atoms with Crippen LogP contribution in [0.2, 0.25) is 13.3 Å². The van der Waals surface area contributed by atoms with Crippen molar-refractivity contribution in [1.82, 2.24) is 0 Å². The summed E-state index contributed by atoms with van der Waals surface area (Å²) in [7, 11) is 0. The molecule has 1 atom stereocenters. The average Bonchev–Trinajstić information content (AvgIpc) is 2.17. The molecule has 0 nitrogen and oxygen atoms in total. The molecule has 1 unspecified atom stereocenters. The monoisotopic (exact) mass is 325 g/mol. The van der Waals surface area contributed by atoms with Crippen molar-refractivity contribution in [3.63, 3.8) is 0 Å². The van der Waals surface area contributed by atoms with Crippen LogP contribution in [0.3, 0.4) is 0 Å². The second kappa shape index (κ2) is 14.2. The Bertz CT molecular complexity index is 77.3. The molecule has 0 aromatic carbocycles. The minimum absolute atomic E-state index is 0. The molecular formula is C12H30PSn. The normalized spacial score (nSPS) is 10.3. The number of unbranched alkanes of at least 4 members (excludes halogenated alkanes) is 3.